The smallest absolute Gasteiger partial charge is 0.288 e. The fraction of sp³-hybridized carbons (Fsp3) is 0.304. The topological polar surface area (TPSA) is 108 Å². The van der Waals surface area contributed by atoms with Gasteiger partial charge in [0, 0.05) is 53.3 Å². The first-order valence-electron chi connectivity index (χ1n) is 10.5. The van der Waals surface area contributed by atoms with Crippen LogP contribution in [0.5, 0.6) is 0 Å². The zero-order valence-corrected chi connectivity index (χ0v) is 19.5. The molecule has 2 amide bonds. The maximum Gasteiger partial charge on any atom is 0.288 e. The van der Waals surface area contributed by atoms with Crippen LogP contribution in [0.15, 0.2) is 42.5 Å². The van der Waals surface area contributed by atoms with Crippen molar-refractivity contribution in [2.24, 2.45) is 0 Å². The molecule has 2 heterocycles. The van der Waals surface area contributed by atoms with Crippen molar-refractivity contribution in [1.29, 1.82) is 0 Å². The van der Waals surface area contributed by atoms with E-state index >= 15 is 0 Å². The molecule has 1 aliphatic heterocycles. The van der Waals surface area contributed by atoms with E-state index in [1.54, 1.807) is 16.7 Å². The molecule has 0 saturated heterocycles. The summed E-state index contributed by atoms with van der Waals surface area (Å²) in [6.07, 6.45) is 3.10. The van der Waals surface area contributed by atoms with E-state index < -0.39 is 16.9 Å². The van der Waals surface area contributed by atoms with E-state index in [9.17, 15) is 19.7 Å². The van der Waals surface area contributed by atoms with E-state index in [0.717, 1.165) is 28.2 Å². The molecule has 0 aliphatic carbocycles. The Kier molecular flexibility index (Phi) is 6.90. The van der Waals surface area contributed by atoms with Gasteiger partial charge in [-0.25, -0.2) is 0 Å². The number of nitro benzene ring substituents is 1. The molecule has 2 N–H and O–H groups in total. The minimum absolute atomic E-state index is 0.0468. The van der Waals surface area contributed by atoms with Gasteiger partial charge in [0.1, 0.15) is 11.1 Å². The summed E-state index contributed by atoms with van der Waals surface area (Å²) in [5.74, 6) is -0.0142. The average Bonchev–Trinajstić information content (AvgIpc) is 3.19. The number of amides is 2. The zero-order valence-electron chi connectivity index (χ0n) is 18.0. The number of nitrogens with one attached hydrogen (secondary N) is 2. The fourth-order valence-electron chi connectivity index (χ4n) is 4.10. The number of benzene rings is 2. The summed E-state index contributed by atoms with van der Waals surface area (Å²) in [7, 11) is 0. The second kappa shape index (κ2) is 9.84. The van der Waals surface area contributed by atoms with E-state index in [-0.39, 0.29) is 22.2 Å². The second-order valence-electron chi connectivity index (χ2n) is 7.87. The van der Waals surface area contributed by atoms with Crippen molar-refractivity contribution < 1.29 is 14.5 Å². The zero-order chi connectivity index (χ0) is 23.5. The van der Waals surface area contributed by atoms with Crippen LogP contribution in [-0.2, 0) is 17.8 Å². The number of thioether (sulfide) groups is 1. The molecule has 4 rings (SSSR count). The number of nitro groups is 1. The Morgan fingerprint density at radius 2 is 2.09 bits per heavy atom. The molecule has 0 fully saturated rings. The van der Waals surface area contributed by atoms with E-state index in [2.05, 4.69) is 10.3 Å². The van der Waals surface area contributed by atoms with Crippen LogP contribution in [0.3, 0.4) is 0 Å². The van der Waals surface area contributed by atoms with Crippen LogP contribution in [0, 0.1) is 10.1 Å². The summed E-state index contributed by atoms with van der Waals surface area (Å²) >= 11 is 7.44. The van der Waals surface area contributed by atoms with Crippen molar-refractivity contribution >= 4 is 51.8 Å². The maximum atomic E-state index is 13.4. The van der Waals surface area contributed by atoms with Gasteiger partial charge in [0.25, 0.3) is 11.6 Å². The summed E-state index contributed by atoms with van der Waals surface area (Å²) < 4.78 is 0. The molecule has 2 aromatic carbocycles. The number of aromatic amines is 1. The Morgan fingerprint density at radius 1 is 1.30 bits per heavy atom. The molecule has 8 nitrogen and oxygen atoms in total. The van der Waals surface area contributed by atoms with Gasteiger partial charge in [-0.05, 0) is 36.6 Å². The number of rotatable bonds is 7. The number of H-pyrrole nitrogens is 1. The molecule has 33 heavy (non-hydrogen) atoms. The van der Waals surface area contributed by atoms with Crippen LogP contribution in [0.25, 0.3) is 10.9 Å². The number of aromatic nitrogens is 1. The number of nitrogens with zero attached hydrogens (tertiary/aromatic N) is 2. The van der Waals surface area contributed by atoms with Crippen LogP contribution in [0.1, 0.15) is 28.0 Å². The normalized spacial score (nSPS) is 14.1. The predicted octanol–water partition coefficient (Wildman–Crippen LogP) is 4.17. The third kappa shape index (κ3) is 4.84. The van der Waals surface area contributed by atoms with Crippen LogP contribution in [0.2, 0.25) is 5.02 Å². The van der Waals surface area contributed by atoms with Gasteiger partial charge in [-0.3, -0.25) is 19.7 Å². The Labute approximate surface area is 199 Å². The average molecular weight is 487 g/mol. The number of para-hydroxylation sites is 1. The Hall–Kier alpha value is -3.04. The van der Waals surface area contributed by atoms with Gasteiger partial charge in [0.2, 0.25) is 5.91 Å². The van der Waals surface area contributed by atoms with Crippen LogP contribution >= 0.6 is 23.4 Å². The lowest BCUT2D eigenvalue weighted by Crippen LogP contribution is -2.50. The van der Waals surface area contributed by atoms with E-state index in [0.29, 0.717) is 31.7 Å². The summed E-state index contributed by atoms with van der Waals surface area (Å²) in [5.41, 5.74) is 3.03. The Balaban J connectivity index is 1.53. The minimum atomic E-state index is -0.730. The lowest BCUT2D eigenvalue weighted by molar-refractivity contribution is -0.384. The number of fused-ring (bicyclic) bond motifs is 3. The van der Waals surface area contributed by atoms with Gasteiger partial charge in [0.05, 0.1) is 4.92 Å². The number of halogens is 1. The van der Waals surface area contributed by atoms with E-state index in [1.165, 1.54) is 12.1 Å². The quantitative estimate of drug-likeness (QED) is 0.385. The maximum absolute atomic E-state index is 13.4. The molecule has 0 unspecified atom stereocenters. The summed E-state index contributed by atoms with van der Waals surface area (Å²) in [6.45, 7) is 1.02. The van der Waals surface area contributed by atoms with Crippen molar-refractivity contribution in [3.05, 3.63) is 74.4 Å². The SMILES string of the molecule is CSCC[C@H](NC(=O)c1ccc(Cl)c([N+](=O)[O-])c1)C(=O)N1CCc2[nH]c3ccccc3c2C1. The van der Waals surface area contributed by atoms with Gasteiger partial charge >= 0.3 is 0 Å². The first-order chi connectivity index (χ1) is 15.9. The summed E-state index contributed by atoms with van der Waals surface area (Å²) in [5, 5.41) is 15.0. The van der Waals surface area contributed by atoms with E-state index in [4.69, 9.17) is 11.6 Å². The Morgan fingerprint density at radius 3 is 2.85 bits per heavy atom. The molecular formula is C23H23ClN4O4S. The number of hydrogen-bond acceptors (Lipinski definition) is 5. The molecule has 0 bridgehead atoms. The van der Waals surface area contributed by atoms with Crippen molar-refractivity contribution in [2.75, 3.05) is 18.6 Å². The highest BCUT2D eigenvalue weighted by atomic mass is 35.5. The molecular weight excluding hydrogens is 464 g/mol. The Bertz CT molecular complexity index is 1230. The third-order valence-electron chi connectivity index (χ3n) is 5.81. The van der Waals surface area contributed by atoms with Crippen LogP contribution < -0.4 is 5.32 Å². The molecule has 1 atom stereocenters. The third-order valence-corrected chi connectivity index (χ3v) is 6.78. The van der Waals surface area contributed by atoms with Crippen molar-refractivity contribution in [2.45, 2.75) is 25.4 Å². The highest BCUT2D eigenvalue weighted by molar-refractivity contribution is 7.98. The lowest BCUT2D eigenvalue weighted by Gasteiger charge is -2.31. The molecule has 3 aromatic rings. The van der Waals surface area contributed by atoms with Crippen molar-refractivity contribution in [3.63, 3.8) is 0 Å². The molecule has 1 aromatic heterocycles. The fourth-order valence-corrected chi connectivity index (χ4v) is 4.76. The predicted molar refractivity (Wildman–Crippen MR) is 130 cm³/mol. The number of carbonyl (C=O) groups is 2. The van der Waals surface area contributed by atoms with Crippen LogP contribution in [-0.4, -0.2) is 51.2 Å². The van der Waals surface area contributed by atoms with Gasteiger partial charge in [-0.15, -0.1) is 0 Å². The molecule has 172 valence electrons. The summed E-state index contributed by atoms with van der Waals surface area (Å²) in [6, 6.07) is 11.1. The van der Waals surface area contributed by atoms with Crippen molar-refractivity contribution in [3.8, 4) is 0 Å². The number of hydrogen-bond donors (Lipinski definition) is 2. The van der Waals surface area contributed by atoms with Crippen molar-refractivity contribution in [1.82, 2.24) is 15.2 Å². The van der Waals surface area contributed by atoms with Gasteiger partial charge in [-0.1, -0.05) is 29.8 Å². The first kappa shape index (κ1) is 23.1. The standard InChI is InChI=1S/C23H23ClN4O4S/c1-33-11-9-20(26-22(29)14-6-7-17(24)21(12-14)28(31)32)23(30)27-10-8-19-16(13-27)15-4-2-3-5-18(15)25-19/h2-7,12,20,25H,8-11,13H2,1H3,(H,26,29)/t20-/m0/s1. The monoisotopic (exact) mass is 486 g/mol. The van der Waals surface area contributed by atoms with Gasteiger partial charge < -0.3 is 15.2 Å². The largest absolute Gasteiger partial charge is 0.358 e. The molecule has 1 aliphatic rings. The van der Waals surface area contributed by atoms with E-state index in [1.807, 2.05) is 30.5 Å². The van der Waals surface area contributed by atoms with Gasteiger partial charge in [0.15, 0.2) is 0 Å². The lowest BCUT2D eigenvalue weighted by atomic mass is 10.0. The van der Waals surface area contributed by atoms with Gasteiger partial charge in [-0.2, -0.15) is 11.8 Å². The van der Waals surface area contributed by atoms with Crippen LogP contribution in [0.4, 0.5) is 5.69 Å². The molecule has 10 heteroatoms. The highest BCUT2D eigenvalue weighted by Crippen LogP contribution is 2.28. The minimum Gasteiger partial charge on any atom is -0.358 e. The molecule has 0 spiro atoms. The summed E-state index contributed by atoms with van der Waals surface area (Å²) in [4.78, 5) is 42.0. The highest BCUT2D eigenvalue weighted by Gasteiger charge is 2.30. The first-order valence-corrected chi connectivity index (χ1v) is 12.3. The molecule has 0 saturated carbocycles. The molecule has 0 radical (unpaired) electrons. The second-order valence-corrected chi connectivity index (χ2v) is 9.26. The number of carbonyl (C=O) groups excluding carboxylic acids is 2.